The maximum Gasteiger partial charge on any atom is 0.326 e. The minimum absolute atomic E-state index is 0.0149. The van der Waals surface area contributed by atoms with Gasteiger partial charge in [0.1, 0.15) is 18.1 Å². The molecule has 0 aliphatic carbocycles. The molecule has 0 spiro atoms. The van der Waals surface area contributed by atoms with Crippen LogP contribution in [0.2, 0.25) is 0 Å². The van der Waals surface area contributed by atoms with Crippen LogP contribution in [0.3, 0.4) is 0 Å². The highest BCUT2D eigenvalue weighted by Gasteiger charge is 2.30. The van der Waals surface area contributed by atoms with E-state index in [9.17, 15) is 34.2 Å². The molecule has 12 N–H and O–H groups in total. The molecule has 4 atom stereocenters. The third-order valence-electron chi connectivity index (χ3n) is 4.45. The van der Waals surface area contributed by atoms with Gasteiger partial charge in [-0.3, -0.25) is 24.2 Å². The summed E-state index contributed by atoms with van der Waals surface area (Å²) in [6, 6.07) is -5.45. The van der Waals surface area contributed by atoms with E-state index in [1.165, 1.54) is 0 Å². The van der Waals surface area contributed by atoms with Crippen LogP contribution in [0.5, 0.6) is 0 Å². The fourth-order valence-electron chi connectivity index (χ4n) is 2.76. The molecule has 0 bridgehead atoms. The van der Waals surface area contributed by atoms with Crippen molar-refractivity contribution in [2.24, 2.45) is 28.1 Å². The van der Waals surface area contributed by atoms with Crippen LogP contribution in [-0.2, 0) is 24.0 Å². The Morgan fingerprint density at radius 2 is 1.41 bits per heavy atom. The molecule has 0 aliphatic heterocycles. The molecule has 0 aliphatic rings. The molecule has 4 unspecified atom stereocenters. The number of aliphatic carboxylic acids is 2. The predicted molar refractivity (Wildman–Crippen MR) is 120 cm³/mol. The van der Waals surface area contributed by atoms with Crippen molar-refractivity contribution in [3.05, 3.63) is 0 Å². The van der Waals surface area contributed by atoms with Crippen molar-refractivity contribution in [3.63, 3.8) is 0 Å². The van der Waals surface area contributed by atoms with Crippen LogP contribution in [-0.4, -0.2) is 88.3 Å². The number of hydrogen-bond acceptors (Lipinski definition) is 8. The zero-order valence-electron chi connectivity index (χ0n) is 19.2. The van der Waals surface area contributed by atoms with Crippen molar-refractivity contribution < 1.29 is 39.3 Å². The standard InChI is InChI=1S/C19H35N7O8/c1-9(2)6-12(18(33)34)25-17(32)13(8-27)26-16(31)11(4-3-5-23-19(21)22)24-15(30)10(20)7-14(28)29/h9-13,27H,3-8,20H2,1-2H3,(H,24,30)(H,25,32)(H,26,31)(H,28,29)(H,33,34)(H4,21,22,23). The Bertz CT molecular complexity index is 755. The van der Waals surface area contributed by atoms with Crippen LogP contribution in [0.1, 0.15) is 39.5 Å². The van der Waals surface area contributed by atoms with E-state index in [4.69, 9.17) is 22.3 Å². The number of carboxylic acid groups (broad SMARTS) is 2. The number of carbonyl (C=O) groups is 5. The first-order chi connectivity index (χ1) is 15.8. The van der Waals surface area contributed by atoms with Crippen LogP contribution in [0.15, 0.2) is 4.99 Å². The van der Waals surface area contributed by atoms with Gasteiger partial charge in [0.05, 0.1) is 19.1 Å². The van der Waals surface area contributed by atoms with Crippen molar-refractivity contribution in [1.29, 1.82) is 0 Å². The van der Waals surface area contributed by atoms with Crippen LogP contribution in [0.25, 0.3) is 0 Å². The number of nitrogens with one attached hydrogen (secondary N) is 3. The maximum atomic E-state index is 12.7. The molecule has 0 fully saturated rings. The van der Waals surface area contributed by atoms with Crippen LogP contribution < -0.4 is 33.2 Å². The topological polar surface area (TPSA) is 273 Å². The molecule has 0 saturated carbocycles. The molecule has 3 amide bonds. The smallest absolute Gasteiger partial charge is 0.326 e. The number of aliphatic hydroxyl groups is 1. The van der Waals surface area contributed by atoms with Crippen molar-refractivity contribution >= 4 is 35.6 Å². The van der Waals surface area contributed by atoms with E-state index in [1.807, 2.05) is 0 Å². The Morgan fingerprint density at radius 1 is 0.882 bits per heavy atom. The van der Waals surface area contributed by atoms with E-state index in [-0.39, 0.29) is 37.7 Å². The number of guanidine groups is 1. The number of hydrogen-bond donors (Lipinski definition) is 9. The van der Waals surface area contributed by atoms with Gasteiger partial charge >= 0.3 is 11.9 Å². The van der Waals surface area contributed by atoms with Gasteiger partial charge in [0.2, 0.25) is 17.7 Å². The van der Waals surface area contributed by atoms with Crippen molar-refractivity contribution in [2.75, 3.05) is 13.2 Å². The van der Waals surface area contributed by atoms with Crippen molar-refractivity contribution in [2.45, 2.75) is 63.7 Å². The molecular weight excluding hydrogens is 454 g/mol. The maximum absolute atomic E-state index is 12.7. The summed E-state index contributed by atoms with van der Waals surface area (Å²) < 4.78 is 0. The second kappa shape index (κ2) is 15.4. The molecule has 0 aromatic rings. The van der Waals surface area contributed by atoms with Gasteiger partial charge < -0.3 is 48.5 Å². The fourth-order valence-corrected chi connectivity index (χ4v) is 2.76. The monoisotopic (exact) mass is 489 g/mol. The van der Waals surface area contributed by atoms with Crippen LogP contribution in [0, 0.1) is 5.92 Å². The zero-order valence-corrected chi connectivity index (χ0v) is 19.2. The highest BCUT2D eigenvalue weighted by atomic mass is 16.4. The first-order valence-corrected chi connectivity index (χ1v) is 10.6. The fraction of sp³-hybridized carbons (Fsp3) is 0.684. The number of aliphatic hydroxyl groups excluding tert-OH is 1. The number of carboxylic acids is 2. The van der Waals surface area contributed by atoms with Gasteiger partial charge in [0.25, 0.3) is 0 Å². The number of rotatable bonds is 16. The highest BCUT2D eigenvalue weighted by molar-refractivity contribution is 5.94. The SMILES string of the molecule is CC(C)CC(NC(=O)C(CO)NC(=O)C(CCCN=C(N)N)NC(=O)C(N)CC(=O)O)C(=O)O. The third-order valence-corrected chi connectivity index (χ3v) is 4.45. The number of amides is 3. The molecule has 0 aromatic heterocycles. The summed E-state index contributed by atoms with van der Waals surface area (Å²) in [5, 5.41) is 34.4. The summed E-state index contributed by atoms with van der Waals surface area (Å²) in [6.07, 6.45) is -0.352. The van der Waals surface area contributed by atoms with E-state index in [1.54, 1.807) is 13.8 Å². The lowest BCUT2D eigenvalue weighted by Crippen LogP contribution is -2.58. The molecule has 0 aromatic carbocycles. The molecule has 34 heavy (non-hydrogen) atoms. The Kier molecular flexibility index (Phi) is 13.8. The van der Waals surface area contributed by atoms with E-state index in [0.29, 0.717) is 0 Å². The van der Waals surface area contributed by atoms with Gasteiger partial charge in [-0.15, -0.1) is 0 Å². The van der Waals surface area contributed by atoms with E-state index >= 15 is 0 Å². The molecule has 194 valence electrons. The first-order valence-electron chi connectivity index (χ1n) is 10.6. The second-order valence-corrected chi connectivity index (χ2v) is 7.99. The minimum Gasteiger partial charge on any atom is -0.481 e. The van der Waals surface area contributed by atoms with Crippen LogP contribution in [0.4, 0.5) is 0 Å². The summed E-state index contributed by atoms with van der Waals surface area (Å²) in [4.78, 5) is 63.3. The normalized spacial score (nSPS) is 14.3. The third kappa shape index (κ3) is 12.5. The Morgan fingerprint density at radius 3 is 1.88 bits per heavy atom. The van der Waals surface area contributed by atoms with E-state index in [0.717, 1.165) is 0 Å². The molecule has 15 heteroatoms. The molecule has 0 heterocycles. The average Bonchev–Trinajstić information content (AvgIpc) is 2.71. The van der Waals surface area contributed by atoms with Gasteiger partial charge in [-0.05, 0) is 25.2 Å². The summed E-state index contributed by atoms with van der Waals surface area (Å²) in [6.45, 7) is 2.79. The predicted octanol–water partition coefficient (Wildman–Crippen LogP) is -3.58. The first kappa shape index (κ1) is 30.5. The van der Waals surface area contributed by atoms with E-state index in [2.05, 4.69) is 20.9 Å². The second-order valence-electron chi connectivity index (χ2n) is 7.99. The Labute approximate surface area is 196 Å². The number of nitrogens with zero attached hydrogens (tertiary/aromatic N) is 1. The summed E-state index contributed by atoms with van der Waals surface area (Å²) in [5.41, 5.74) is 16.0. The number of aliphatic imine (C=N–C) groups is 1. The largest absolute Gasteiger partial charge is 0.481 e. The lowest BCUT2D eigenvalue weighted by molar-refractivity contribution is -0.143. The zero-order chi connectivity index (χ0) is 26.4. The summed E-state index contributed by atoms with van der Waals surface area (Å²) >= 11 is 0. The Balaban J connectivity index is 5.37. The number of nitrogens with two attached hydrogens (primary N) is 3. The van der Waals surface area contributed by atoms with Gasteiger partial charge in [0.15, 0.2) is 5.96 Å². The lowest BCUT2D eigenvalue weighted by Gasteiger charge is -2.24. The van der Waals surface area contributed by atoms with Crippen molar-refractivity contribution in [1.82, 2.24) is 16.0 Å². The number of carbonyl (C=O) groups excluding carboxylic acids is 3. The average molecular weight is 490 g/mol. The molecule has 0 radical (unpaired) electrons. The highest BCUT2D eigenvalue weighted by Crippen LogP contribution is 2.06. The molecule has 0 saturated heterocycles. The minimum atomic E-state index is -1.51. The summed E-state index contributed by atoms with van der Waals surface area (Å²) in [7, 11) is 0. The quantitative estimate of drug-likeness (QED) is 0.0580. The lowest BCUT2D eigenvalue weighted by atomic mass is 10.0. The molecule has 15 nitrogen and oxygen atoms in total. The van der Waals surface area contributed by atoms with Gasteiger partial charge in [-0.2, -0.15) is 0 Å². The Hall–Kier alpha value is -3.46. The van der Waals surface area contributed by atoms with Crippen LogP contribution >= 0.6 is 0 Å². The van der Waals surface area contributed by atoms with Crippen molar-refractivity contribution in [3.8, 4) is 0 Å². The van der Waals surface area contributed by atoms with E-state index < -0.39 is 66.9 Å². The molecule has 0 rings (SSSR count). The van der Waals surface area contributed by atoms with Gasteiger partial charge in [-0.25, -0.2) is 4.79 Å². The molecular formula is C19H35N7O8. The van der Waals surface area contributed by atoms with Gasteiger partial charge in [-0.1, -0.05) is 13.8 Å². The van der Waals surface area contributed by atoms with Gasteiger partial charge in [0, 0.05) is 6.54 Å². The summed E-state index contributed by atoms with van der Waals surface area (Å²) in [5.74, 6) is -5.56.